The van der Waals surface area contributed by atoms with Gasteiger partial charge < -0.3 is 24.6 Å². The molecule has 1 atom stereocenters. The zero-order valence-corrected chi connectivity index (χ0v) is 22.6. The Hall–Kier alpha value is -5.00. The second kappa shape index (κ2) is 10.8. The number of halogens is 2. The standard InChI is InChI=1S/C30H27F2N5O5/c1-35(30(40)41)28-33-24-6-3-18(14-25(24)34-28)17-4-7-27-20(12-17)16-36(10-11-42-27)29(39)37-9-8-21(38)15-26(37)19-2-5-22(31)23(32)13-19/h2-7,12-14,26H,8-11,15-16H2,1H3,(H,33,34)(H,40,41). The van der Waals surface area contributed by atoms with Gasteiger partial charge in [-0.1, -0.05) is 18.2 Å². The molecule has 0 radical (unpaired) electrons. The first kappa shape index (κ1) is 27.2. The number of nitrogens with one attached hydrogen (secondary N) is 1. The highest BCUT2D eigenvalue weighted by molar-refractivity contribution is 5.89. The summed E-state index contributed by atoms with van der Waals surface area (Å²) in [5.41, 5.74) is 4.16. The molecule has 3 heterocycles. The quantitative estimate of drug-likeness (QED) is 0.340. The minimum atomic E-state index is -1.13. The van der Waals surface area contributed by atoms with Gasteiger partial charge in [0, 0.05) is 32.0 Å². The van der Waals surface area contributed by atoms with E-state index in [1.54, 1.807) is 15.9 Å². The Bertz CT molecular complexity index is 1720. The molecule has 1 unspecified atom stereocenters. The van der Waals surface area contributed by atoms with Gasteiger partial charge in [-0.3, -0.25) is 9.69 Å². The summed E-state index contributed by atoms with van der Waals surface area (Å²) in [4.78, 5) is 49.0. The van der Waals surface area contributed by atoms with Crippen LogP contribution in [-0.2, 0) is 11.3 Å². The molecule has 10 nitrogen and oxygen atoms in total. The van der Waals surface area contributed by atoms with E-state index in [4.69, 9.17) is 4.74 Å². The number of anilines is 1. The van der Waals surface area contributed by atoms with Crippen LogP contribution in [0.3, 0.4) is 0 Å². The van der Waals surface area contributed by atoms with E-state index < -0.39 is 23.8 Å². The van der Waals surface area contributed by atoms with Crippen LogP contribution in [0.15, 0.2) is 54.6 Å². The van der Waals surface area contributed by atoms with E-state index in [-0.39, 0.29) is 50.3 Å². The summed E-state index contributed by atoms with van der Waals surface area (Å²) in [6, 6.07) is 13.7. The van der Waals surface area contributed by atoms with Gasteiger partial charge in [0.2, 0.25) is 5.95 Å². The summed E-state index contributed by atoms with van der Waals surface area (Å²) < 4.78 is 33.6. The lowest BCUT2D eigenvalue weighted by molar-refractivity contribution is -0.122. The third-order valence-corrected chi connectivity index (χ3v) is 7.72. The Morgan fingerprint density at radius 2 is 1.83 bits per heavy atom. The number of urea groups is 1. The predicted octanol–water partition coefficient (Wildman–Crippen LogP) is 5.34. The van der Waals surface area contributed by atoms with Crippen LogP contribution >= 0.6 is 0 Å². The zero-order chi connectivity index (χ0) is 29.5. The van der Waals surface area contributed by atoms with Crippen LogP contribution in [0.5, 0.6) is 5.75 Å². The number of fused-ring (bicyclic) bond motifs is 2. The third kappa shape index (κ3) is 5.11. The molecule has 0 spiro atoms. The maximum Gasteiger partial charge on any atom is 0.413 e. The van der Waals surface area contributed by atoms with E-state index in [1.807, 2.05) is 30.3 Å². The van der Waals surface area contributed by atoms with E-state index in [9.17, 15) is 28.3 Å². The predicted molar refractivity (Wildman–Crippen MR) is 149 cm³/mol. The Labute approximate surface area is 239 Å². The van der Waals surface area contributed by atoms with Crippen LogP contribution in [0, 0.1) is 11.6 Å². The summed E-state index contributed by atoms with van der Waals surface area (Å²) in [7, 11) is 1.41. The Kier molecular flexibility index (Phi) is 6.97. The first-order valence-electron chi connectivity index (χ1n) is 13.4. The molecule has 0 bridgehead atoms. The van der Waals surface area contributed by atoms with E-state index in [2.05, 4.69) is 9.97 Å². The second-order valence-corrected chi connectivity index (χ2v) is 10.4. The fourth-order valence-electron chi connectivity index (χ4n) is 5.42. The molecule has 1 aromatic heterocycles. The fourth-order valence-corrected chi connectivity index (χ4v) is 5.42. The summed E-state index contributed by atoms with van der Waals surface area (Å²) in [6.07, 6.45) is -0.912. The number of amides is 3. The molecule has 216 valence electrons. The van der Waals surface area contributed by atoms with Crippen LogP contribution in [0.2, 0.25) is 0 Å². The van der Waals surface area contributed by atoms with Gasteiger partial charge in [-0.2, -0.15) is 0 Å². The average Bonchev–Trinajstić information content (AvgIpc) is 3.29. The number of rotatable bonds is 3. The van der Waals surface area contributed by atoms with Crippen LogP contribution in [0.4, 0.5) is 24.3 Å². The number of nitrogens with zero attached hydrogens (tertiary/aromatic N) is 4. The minimum Gasteiger partial charge on any atom is -0.491 e. The van der Waals surface area contributed by atoms with Crippen molar-refractivity contribution >= 4 is 34.9 Å². The number of H-pyrrole nitrogens is 1. The topological polar surface area (TPSA) is 119 Å². The fraction of sp³-hybridized carbons (Fsp3) is 0.267. The Morgan fingerprint density at radius 3 is 2.62 bits per heavy atom. The molecule has 2 N–H and O–H groups in total. The number of carboxylic acid groups (broad SMARTS) is 1. The molecule has 2 aliphatic rings. The van der Waals surface area contributed by atoms with Crippen molar-refractivity contribution in [3.63, 3.8) is 0 Å². The van der Waals surface area contributed by atoms with Crippen LogP contribution in [0.1, 0.15) is 30.0 Å². The number of ketones is 1. The van der Waals surface area contributed by atoms with E-state index in [0.29, 0.717) is 28.9 Å². The molecule has 6 rings (SSSR count). The number of piperidine rings is 1. The van der Waals surface area contributed by atoms with Gasteiger partial charge in [0.1, 0.15) is 18.1 Å². The molecule has 1 fully saturated rings. The Morgan fingerprint density at radius 1 is 1.05 bits per heavy atom. The van der Waals surface area contributed by atoms with E-state index >= 15 is 0 Å². The molecule has 0 saturated carbocycles. The van der Waals surface area contributed by atoms with Crippen molar-refractivity contribution in [3.8, 4) is 16.9 Å². The molecule has 1 saturated heterocycles. The van der Waals surface area contributed by atoms with Crippen molar-refractivity contribution in [1.29, 1.82) is 0 Å². The highest BCUT2D eigenvalue weighted by atomic mass is 19.2. The van der Waals surface area contributed by atoms with Gasteiger partial charge >= 0.3 is 12.1 Å². The number of hydrogen-bond acceptors (Lipinski definition) is 5. The van der Waals surface area contributed by atoms with Gasteiger partial charge in [-0.15, -0.1) is 0 Å². The monoisotopic (exact) mass is 575 g/mol. The molecule has 3 aromatic carbocycles. The third-order valence-electron chi connectivity index (χ3n) is 7.72. The summed E-state index contributed by atoms with van der Waals surface area (Å²) >= 11 is 0. The SMILES string of the molecule is CN(C(=O)O)c1nc2ccc(-c3ccc4c(c3)CN(C(=O)N3CCC(=O)CC3c3ccc(F)c(F)c3)CCO4)cc2[nH]1. The first-order chi connectivity index (χ1) is 20.2. The number of aromatic nitrogens is 2. The Balaban J connectivity index is 1.27. The highest BCUT2D eigenvalue weighted by Gasteiger charge is 2.35. The van der Waals surface area contributed by atoms with Gasteiger partial charge in [0.15, 0.2) is 11.6 Å². The maximum atomic E-state index is 14.0. The molecular formula is C30H27F2N5O5. The lowest BCUT2D eigenvalue weighted by Crippen LogP contribution is -2.48. The number of hydrogen-bond donors (Lipinski definition) is 2. The molecule has 4 aromatic rings. The lowest BCUT2D eigenvalue weighted by Gasteiger charge is -2.38. The first-order valence-corrected chi connectivity index (χ1v) is 13.4. The number of ether oxygens (including phenoxy) is 1. The average molecular weight is 576 g/mol. The van der Waals surface area contributed by atoms with Crippen molar-refractivity contribution in [1.82, 2.24) is 19.8 Å². The number of imidazole rings is 1. The lowest BCUT2D eigenvalue weighted by atomic mass is 9.94. The van der Waals surface area contributed by atoms with Crippen molar-refractivity contribution in [2.24, 2.45) is 0 Å². The van der Waals surface area contributed by atoms with Gasteiger partial charge in [-0.05, 0) is 53.1 Å². The number of aromatic amines is 1. The van der Waals surface area contributed by atoms with Crippen LogP contribution < -0.4 is 9.64 Å². The van der Waals surface area contributed by atoms with Gasteiger partial charge in [0.25, 0.3) is 0 Å². The van der Waals surface area contributed by atoms with Crippen LogP contribution in [0.25, 0.3) is 22.2 Å². The minimum absolute atomic E-state index is 0.0297. The molecule has 42 heavy (non-hydrogen) atoms. The molecule has 3 amide bonds. The number of likely N-dealkylation sites (tertiary alicyclic amines) is 1. The van der Waals surface area contributed by atoms with Crippen molar-refractivity contribution in [3.05, 3.63) is 77.4 Å². The van der Waals surface area contributed by atoms with Crippen molar-refractivity contribution in [2.45, 2.75) is 25.4 Å². The van der Waals surface area contributed by atoms with Gasteiger partial charge in [-0.25, -0.2) is 23.4 Å². The number of Topliss-reactive ketones (excluding diaryl/α,β-unsaturated/α-hetero) is 1. The largest absolute Gasteiger partial charge is 0.491 e. The van der Waals surface area contributed by atoms with E-state index in [0.717, 1.165) is 33.7 Å². The van der Waals surface area contributed by atoms with E-state index in [1.165, 1.54) is 13.1 Å². The summed E-state index contributed by atoms with van der Waals surface area (Å²) in [5.74, 6) is -1.20. The summed E-state index contributed by atoms with van der Waals surface area (Å²) in [5, 5.41) is 9.26. The number of carbonyl (C=O) groups is 3. The smallest absolute Gasteiger partial charge is 0.413 e. The van der Waals surface area contributed by atoms with Crippen molar-refractivity contribution in [2.75, 3.05) is 31.6 Å². The highest BCUT2D eigenvalue weighted by Crippen LogP contribution is 2.34. The molecule has 12 heteroatoms. The van der Waals surface area contributed by atoms with Crippen LogP contribution in [-0.4, -0.2) is 69.5 Å². The van der Waals surface area contributed by atoms with Gasteiger partial charge in [0.05, 0.1) is 30.2 Å². The molecule has 2 aliphatic heterocycles. The normalized spacial score (nSPS) is 17.0. The summed E-state index contributed by atoms with van der Waals surface area (Å²) in [6.45, 7) is 0.990. The molecular weight excluding hydrogens is 548 g/mol. The molecule has 0 aliphatic carbocycles. The number of carbonyl (C=O) groups excluding carboxylic acids is 2. The van der Waals surface area contributed by atoms with Crippen molar-refractivity contribution < 1.29 is 33.0 Å². The zero-order valence-electron chi connectivity index (χ0n) is 22.6. The maximum absolute atomic E-state index is 14.0. The number of benzene rings is 3. The second-order valence-electron chi connectivity index (χ2n) is 10.4.